The van der Waals surface area contributed by atoms with Gasteiger partial charge in [0.05, 0.1) is 13.2 Å². The van der Waals surface area contributed by atoms with Crippen LogP contribution in [0.25, 0.3) is 0 Å². The highest BCUT2D eigenvalue weighted by atomic mass is 16.5. The molecule has 1 fully saturated rings. The zero-order chi connectivity index (χ0) is 16.0. The van der Waals surface area contributed by atoms with Gasteiger partial charge in [0.25, 0.3) is 0 Å². The second-order valence-corrected chi connectivity index (χ2v) is 6.67. The molecule has 1 aromatic carbocycles. The van der Waals surface area contributed by atoms with E-state index in [4.69, 9.17) is 9.47 Å². The molecule has 1 aliphatic rings. The quantitative estimate of drug-likeness (QED) is 0.840. The molecule has 0 saturated carbocycles. The molecule has 2 rings (SSSR count). The summed E-state index contributed by atoms with van der Waals surface area (Å²) in [5, 5.41) is 10.2. The van der Waals surface area contributed by atoms with Crippen molar-refractivity contribution in [3.05, 3.63) is 29.8 Å². The highest BCUT2D eigenvalue weighted by Gasteiger charge is 2.31. The van der Waals surface area contributed by atoms with Crippen molar-refractivity contribution in [2.45, 2.75) is 45.3 Å². The Morgan fingerprint density at radius 3 is 2.68 bits per heavy atom. The van der Waals surface area contributed by atoms with Crippen LogP contribution in [-0.4, -0.2) is 54.6 Å². The topological polar surface area (TPSA) is 41.9 Å². The van der Waals surface area contributed by atoms with E-state index >= 15 is 0 Å². The zero-order valence-corrected chi connectivity index (χ0v) is 14.0. The van der Waals surface area contributed by atoms with E-state index in [1.54, 1.807) is 0 Å². The van der Waals surface area contributed by atoms with Crippen LogP contribution in [0.1, 0.15) is 32.8 Å². The lowest BCUT2D eigenvalue weighted by Gasteiger charge is -2.42. The van der Waals surface area contributed by atoms with Crippen molar-refractivity contribution in [2.24, 2.45) is 0 Å². The number of rotatable bonds is 7. The molecule has 4 heteroatoms. The van der Waals surface area contributed by atoms with E-state index in [0.717, 1.165) is 31.7 Å². The van der Waals surface area contributed by atoms with Crippen LogP contribution in [0.2, 0.25) is 0 Å². The fourth-order valence-electron chi connectivity index (χ4n) is 2.77. The smallest absolute Gasteiger partial charge is 0.119 e. The molecule has 1 N–H and O–H groups in total. The predicted octanol–water partition coefficient (Wildman–Crippen LogP) is 2.49. The minimum atomic E-state index is -0.493. The molecule has 1 unspecified atom stereocenters. The molecule has 0 bridgehead atoms. The number of ether oxygens (including phenoxy) is 2. The maximum atomic E-state index is 10.2. The second-order valence-electron chi connectivity index (χ2n) is 6.67. The summed E-state index contributed by atoms with van der Waals surface area (Å²) >= 11 is 0. The molecule has 0 radical (unpaired) electrons. The van der Waals surface area contributed by atoms with Crippen molar-refractivity contribution in [3.63, 3.8) is 0 Å². The Labute approximate surface area is 134 Å². The third-order valence-electron chi connectivity index (χ3n) is 4.15. The molecule has 124 valence electrons. The lowest BCUT2D eigenvalue weighted by Crippen LogP contribution is -2.55. The van der Waals surface area contributed by atoms with Gasteiger partial charge in [-0.15, -0.1) is 0 Å². The summed E-state index contributed by atoms with van der Waals surface area (Å²) in [6.45, 7) is 9.70. The van der Waals surface area contributed by atoms with Crippen LogP contribution >= 0.6 is 0 Å². The number of aliphatic hydroxyl groups excluding tert-OH is 1. The number of β-amino-alcohol motifs (C(OH)–C–C–N with tert-alkyl or cyclic N) is 1. The molecule has 0 aliphatic carbocycles. The van der Waals surface area contributed by atoms with Gasteiger partial charge in [-0.3, -0.25) is 4.90 Å². The molecule has 1 saturated heterocycles. The van der Waals surface area contributed by atoms with Crippen molar-refractivity contribution in [3.8, 4) is 5.75 Å². The van der Waals surface area contributed by atoms with E-state index in [9.17, 15) is 5.11 Å². The van der Waals surface area contributed by atoms with E-state index in [1.165, 1.54) is 5.56 Å². The summed E-state index contributed by atoms with van der Waals surface area (Å²) in [7, 11) is 0. The molecular weight excluding hydrogens is 278 g/mol. The van der Waals surface area contributed by atoms with Crippen molar-refractivity contribution in [1.29, 1.82) is 0 Å². The van der Waals surface area contributed by atoms with E-state index in [1.807, 2.05) is 12.1 Å². The van der Waals surface area contributed by atoms with Crippen LogP contribution in [0.3, 0.4) is 0 Å². The second kappa shape index (κ2) is 7.95. The minimum absolute atomic E-state index is 0.0268. The number of hydrogen-bond acceptors (Lipinski definition) is 4. The number of nitrogens with zero attached hydrogens (tertiary/aromatic N) is 1. The van der Waals surface area contributed by atoms with Crippen LogP contribution < -0.4 is 4.74 Å². The number of hydrogen-bond donors (Lipinski definition) is 1. The maximum Gasteiger partial charge on any atom is 0.119 e. The van der Waals surface area contributed by atoms with Crippen molar-refractivity contribution in [2.75, 3.05) is 32.9 Å². The SMILES string of the molecule is CCCc1ccc(OCC(O)CN2CCOCC2(C)C)cc1. The standard InChI is InChI=1S/C18H29NO3/c1-4-5-15-6-8-17(9-7-15)22-13-16(20)12-19-10-11-21-14-18(19,2)3/h6-9,16,20H,4-5,10-14H2,1-3H3. The summed E-state index contributed by atoms with van der Waals surface area (Å²) in [5.74, 6) is 0.820. The van der Waals surface area contributed by atoms with Gasteiger partial charge in [0, 0.05) is 18.6 Å². The summed E-state index contributed by atoms with van der Waals surface area (Å²) in [6, 6.07) is 8.15. The number of aryl methyl sites for hydroxylation is 1. The Morgan fingerprint density at radius 1 is 1.32 bits per heavy atom. The van der Waals surface area contributed by atoms with Crippen LogP contribution in [0.5, 0.6) is 5.75 Å². The first-order chi connectivity index (χ1) is 10.5. The highest BCUT2D eigenvalue weighted by molar-refractivity contribution is 5.27. The number of morpholine rings is 1. The normalized spacial score (nSPS) is 19.8. The molecule has 1 atom stereocenters. The Bertz CT molecular complexity index is 444. The Morgan fingerprint density at radius 2 is 2.05 bits per heavy atom. The Hall–Kier alpha value is -1.10. The molecule has 0 spiro atoms. The van der Waals surface area contributed by atoms with Gasteiger partial charge >= 0.3 is 0 Å². The average Bonchev–Trinajstić information content (AvgIpc) is 2.49. The molecule has 1 aliphatic heterocycles. The van der Waals surface area contributed by atoms with Crippen LogP contribution in [-0.2, 0) is 11.2 Å². The van der Waals surface area contributed by atoms with Crippen LogP contribution in [0.4, 0.5) is 0 Å². The van der Waals surface area contributed by atoms with Gasteiger partial charge in [0.2, 0.25) is 0 Å². The van der Waals surface area contributed by atoms with Crippen molar-refractivity contribution in [1.82, 2.24) is 4.90 Å². The summed E-state index contributed by atoms with van der Waals surface area (Å²) < 4.78 is 11.2. The van der Waals surface area contributed by atoms with Gasteiger partial charge < -0.3 is 14.6 Å². The molecule has 4 nitrogen and oxygen atoms in total. The predicted molar refractivity (Wildman–Crippen MR) is 88.4 cm³/mol. The van der Waals surface area contributed by atoms with Crippen molar-refractivity contribution < 1.29 is 14.6 Å². The first-order valence-electron chi connectivity index (χ1n) is 8.24. The summed E-state index contributed by atoms with van der Waals surface area (Å²) in [5.41, 5.74) is 1.30. The molecule has 1 aromatic rings. The zero-order valence-electron chi connectivity index (χ0n) is 14.0. The first-order valence-corrected chi connectivity index (χ1v) is 8.24. The van der Waals surface area contributed by atoms with E-state index in [2.05, 4.69) is 37.8 Å². The first kappa shape index (κ1) is 17.3. The van der Waals surface area contributed by atoms with Gasteiger partial charge in [-0.25, -0.2) is 0 Å². The average molecular weight is 307 g/mol. The molecule has 0 amide bonds. The highest BCUT2D eigenvalue weighted by Crippen LogP contribution is 2.19. The maximum absolute atomic E-state index is 10.2. The van der Waals surface area contributed by atoms with Gasteiger partial charge in [-0.1, -0.05) is 25.5 Å². The van der Waals surface area contributed by atoms with Gasteiger partial charge in [-0.05, 0) is 38.0 Å². The molecule has 0 aromatic heterocycles. The van der Waals surface area contributed by atoms with Crippen molar-refractivity contribution >= 4 is 0 Å². The number of aliphatic hydroxyl groups is 1. The fourth-order valence-corrected chi connectivity index (χ4v) is 2.77. The monoisotopic (exact) mass is 307 g/mol. The Kier molecular flexibility index (Phi) is 6.24. The summed E-state index contributed by atoms with van der Waals surface area (Å²) in [6.07, 6.45) is 1.75. The lowest BCUT2D eigenvalue weighted by atomic mass is 10.0. The van der Waals surface area contributed by atoms with E-state index in [-0.39, 0.29) is 5.54 Å². The fraction of sp³-hybridized carbons (Fsp3) is 0.667. The van der Waals surface area contributed by atoms with E-state index in [0.29, 0.717) is 19.8 Å². The summed E-state index contributed by atoms with van der Waals surface area (Å²) in [4.78, 5) is 2.27. The van der Waals surface area contributed by atoms with Gasteiger partial charge in [0.15, 0.2) is 0 Å². The van der Waals surface area contributed by atoms with Crippen LogP contribution in [0, 0.1) is 0 Å². The molecule has 1 heterocycles. The van der Waals surface area contributed by atoms with Crippen LogP contribution in [0.15, 0.2) is 24.3 Å². The van der Waals surface area contributed by atoms with Gasteiger partial charge in [-0.2, -0.15) is 0 Å². The van der Waals surface area contributed by atoms with Gasteiger partial charge in [0.1, 0.15) is 18.5 Å². The van der Waals surface area contributed by atoms with E-state index < -0.39 is 6.10 Å². The Balaban J connectivity index is 1.78. The largest absolute Gasteiger partial charge is 0.491 e. The third-order valence-corrected chi connectivity index (χ3v) is 4.15. The third kappa shape index (κ3) is 4.97. The minimum Gasteiger partial charge on any atom is -0.491 e. The molecule has 22 heavy (non-hydrogen) atoms. The number of benzene rings is 1. The molecular formula is C18H29NO3. The lowest BCUT2D eigenvalue weighted by molar-refractivity contribution is -0.0703.